The van der Waals surface area contributed by atoms with Gasteiger partial charge in [0.15, 0.2) is 0 Å². The van der Waals surface area contributed by atoms with Gasteiger partial charge in [-0.1, -0.05) is 19.8 Å². The Morgan fingerprint density at radius 2 is 1.73 bits per heavy atom. The van der Waals surface area contributed by atoms with Gasteiger partial charge in [0.1, 0.15) is 16.4 Å². The van der Waals surface area contributed by atoms with Crippen LogP contribution in [-0.2, 0) is 10.0 Å². The highest BCUT2D eigenvalue weighted by Crippen LogP contribution is 2.33. The third-order valence-electron chi connectivity index (χ3n) is 4.39. The lowest BCUT2D eigenvalue weighted by atomic mass is 9.87. The van der Waals surface area contributed by atoms with Crippen LogP contribution in [0.2, 0.25) is 0 Å². The summed E-state index contributed by atoms with van der Waals surface area (Å²) in [4.78, 5) is 0.134. The molecule has 0 saturated heterocycles. The summed E-state index contributed by atoms with van der Waals surface area (Å²) in [5, 5.41) is 0. The molecule has 0 radical (unpaired) electrons. The summed E-state index contributed by atoms with van der Waals surface area (Å²) >= 11 is 0. The van der Waals surface area contributed by atoms with E-state index in [1.54, 1.807) is 6.07 Å². The first-order valence-corrected chi connectivity index (χ1v) is 9.12. The molecule has 1 N–H and O–H groups in total. The molecule has 1 fully saturated rings. The molecule has 1 aliphatic carbocycles. The second-order valence-electron chi connectivity index (χ2n) is 5.96. The molecule has 0 aromatic heterocycles. The Bertz CT molecular complexity index is 627. The molecule has 1 aromatic rings. The Hall–Kier alpha value is -1.27. The van der Waals surface area contributed by atoms with Crippen LogP contribution >= 0.6 is 0 Å². The zero-order valence-electron chi connectivity index (χ0n) is 13.7. The summed E-state index contributed by atoms with van der Waals surface area (Å²) in [5.74, 6) is 1.23. The average Bonchev–Trinajstić information content (AvgIpc) is 2.48. The van der Waals surface area contributed by atoms with Crippen molar-refractivity contribution in [1.82, 2.24) is 4.72 Å². The lowest BCUT2D eigenvalue weighted by molar-refractivity contribution is 0.310. The minimum atomic E-state index is -3.64. The fraction of sp³-hybridized carbons (Fsp3) is 0.625. The molecule has 2 atom stereocenters. The van der Waals surface area contributed by atoms with E-state index in [2.05, 4.69) is 11.6 Å². The van der Waals surface area contributed by atoms with E-state index in [9.17, 15) is 8.42 Å². The maximum Gasteiger partial charge on any atom is 0.244 e. The summed E-state index contributed by atoms with van der Waals surface area (Å²) in [6, 6.07) is 3.21. The predicted octanol–water partition coefficient (Wildman–Crippen LogP) is 2.87. The van der Waals surface area contributed by atoms with Crippen molar-refractivity contribution in [3.05, 3.63) is 17.7 Å². The highest BCUT2D eigenvalue weighted by molar-refractivity contribution is 7.89. The topological polar surface area (TPSA) is 64.6 Å². The van der Waals surface area contributed by atoms with Gasteiger partial charge in [0.2, 0.25) is 10.0 Å². The van der Waals surface area contributed by atoms with E-state index in [1.807, 2.05) is 6.92 Å². The molecule has 1 saturated carbocycles. The first-order chi connectivity index (χ1) is 10.4. The van der Waals surface area contributed by atoms with Crippen molar-refractivity contribution >= 4 is 10.0 Å². The van der Waals surface area contributed by atoms with Crippen LogP contribution in [0.3, 0.4) is 0 Å². The number of sulfonamides is 1. The minimum absolute atomic E-state index is 0.0178. The first-order valence-electron chi connectivity index (χ1n) is 7.64. The minimum Gasteiger partial charge on any atom is -0.496 e. The normalized spacial score (nSPS) is 22.4. The number of methoxy groups -OCH3 is 2. The van der Waals surface area contributed by atoms with Crippen molar-refractivity contribution in [2.75, 3.05) is 14.2 Å². The van der Waals surface area contributed by atoms with Gasteiger partial charge in [-0.3, -0.25) is 0 Å². The molecule has 124 valence electrons. The quantitative estimate of drug-likeness (QED) is 0.903. The number of ether oxygens (including phenoxy) is 2. The highest BCUT2D eigenvalue weighted by atomic mass is 32.2. The van der Waals surface area contributed by atoms with Gasteiger partial charge in [-0.05, 0) is 37.3 Å². The largest absolute Gasteiger partial charge is 0.496 e. The van der Waals surface area contributed by atoms with Crippen molar-refractivity contribution in [1.29, 1.82) is 0 Å². The zero-order valence-corrected chi connectivity index (χ0v) is 14.5. The molecule has 0 aliphatic heterocycles. The summed E-state index contributed by atoms with van der Waals surface area (Å²) in [5.41, 5.74) is 0.837. The third kappa shape index (κ3) is 3.55. The summed E-state index contributed by atoms with van der Waals surface area (Å²) in [6.07, 6.45) is 4.17. The molecule has 2 rings (SSSR count). The van der Waals surface area contributed by atoms with Gasteiger partial charge in [0.05, 0.1) is 14.2 Å². The van der Waals surface area contributed by atoms with Crippen molar-refractivity contribution in [3.63, 3.8) is 0 Å². The van der Waals surface area contributed by atoms with E-state index in [0.29, 0.717) is 17.4 Å². The van der Waals surface area contributed by atoms with Gasteiger partial charge in [-0.15, -0.1) is 0 Å². The van der Waals surface area contributed by atoms with Crippen LogP contribution in [-0.4, -0.2) is 28.7 Å². The average molecular weight is 327 g/mol. The number of nitrogens with one attached hydrogen (secondary N) is 1. The van der Waals surface area contributed by atoms with E-state index < -0.39 is 10.0 Å². The van der Waals surface area contributed by atoms with Crippen molar-refractivity contribution in [2.24, 2.45) is 5.92 Å². The van der Waals surface area contributed by atoms with E-state index >= 15 is 0 Å². The lowest BCUT2D eigenvalue weighted by Crippen LogP contribution is -2.41. The van der Waals surface area contributed by atoms with Crippen molar-refractivity contribution < 1.29 is 17.9 Å². The number of benzene rings is 1. The number of hydrogen-bond donors (Lipinski definition) is 1. The van der Waals surface area contributed by atoms with Crippen LogP contribution in [0.4, 0.5) is 0 Å². The van der Waals surface area contributed by atoms with Gasteiger partial charge in [0, 0.05) is 12.1 Å². The Morgan fingerprint density at radius 3 is 2.32 bits per heavy atom. The van der Waals surface area contributed by atoms with Crippen LogP contribution in [0.15, 0.2) is 17.0 Å². The molecule has 1 aliphatic rings. The molecule has 6 heteroatoms. The lowest BCUT2D eigenvalue weighted by Gasteiger charge is -2.29. The maximum atomic E-state index is 12.8. The maximum absolute atomic E-state index is 12.8. The van der Waals surface area contributed by atoms with Gasteiger partial charge >= 0.3 is 0 Å². The molecule has 0 unspecified atom stereocenters. The number of hydrogen-bond acceptors (Lipinski definition) is 4. The monoisotopic (exact) mass is 327 g/mol. The van der Waals surface area contributed by atoms with Crippen LogP contribution in [0, 0.1) is 12.8 Å². The zero-order chi connectivity index (χ0) is 16.3. The van der Waals surface area contributed by atoms with E-state index in [0.717, 1.165) is 24.8 Å². The van der Waals surface area contributed by atoms with Crippen LogP contribution in [0.1, 0.15) is 38.2 Å². The summed E-state index contributed by atoms with van der Waals surface area (Å²) in [6.45, 7) is 3.95. The fourth-order valence-corrected chi connectivity index (χ4v) is 4.53. The van der Waals surface area contributed by atoms with Crippen LogP contribution < -0.4 is 14.2 Å². The van der Waals surface area contributed by atoms with Gasteiger partial charge in [-0.25, -0.2) is 13.1 Å². The molecule has 5 nitrogen and oxygen atoms in total. The molecular weight excluding hydrogens is 302 g/mol. The summed E-state index contributed by atoms with van der Waals surface area (Å²) in [7, 11) is -0.635. The second-order valence-corrected chi connectivity index (χ2v) is 7.64. The van der Waals surface area contributed by atoms with Crippen molar-refractivity contribution in [3.8, 4) is 11.5 Å². The molecule has 0 spiro atoms. The molecule has 0 heterocycles. The van der Waals surface area contributed by atoms with Crippen LogP contribution in [0.25, 0.3) is 0 Å². The van der Waals surface area contributed by atoms with Crippen molar-refractivity contribution in [2.45, 2.75) is 50.5 Å². The first kappa shape index (κ1) is 17.1. The highest BCUT2D eigenvalue weighted by Gasteiger charge is 2.29. The SMILES string of the molecule is COc1cc(S(=O)(=O)N[C@@H]2CCCC[C@H]2C)c(OC)cc1C. The molecule has 22 heavy (non-hydrogen) atoms. The standard InChI is InChI=1S/C16H25NO4S/c1-11-7-5-6-8-13(11)17-22(18,19)16-10-14(20-3)12(2)9-15(16)21-4/h9-11,13,17H,5-8H2,1-4H3/t11-,13-/m1/s1. The Labute approximate surface area is 133 Å². The van der Waals surface area contributed by atoms with Gasteiger partial charge in [-0.2, -0.15) is 0 Å². The van der Waals surface area contributed by atoms with E-state index in [1.165, 1.54) is 26.7 Å². The third-order valence-corrected chi connectivity index (χ3v) is 5.90. The molecule has 0 bridgehead atoms. The Balaban J connectivity index is 2.35. The molecular formula is C16H25NO4S. The molecule has 1 aromatic carbocycles. The Kier molecular flexibility index (Phi) is 5.34. The second kappa shape index (κ2) is 6.87. The number of aryl methyl sites for hydroxylation is 1. The number of rotatable bonds is 5. The van der Waals surface area contributed by atoms with Gasteiger partial charge in [0.25, 0.3) is 0 Å². The van der Waals surface area contributed by atoms with Gasteiger partial charge < -0.3 is 9.47 Å². The Morgan fingerprint density at radius 1 is 1.09 bits per heavy atom. The fourth-order valence-electron chi connectivity index (χ4n) is 2.99. The summed E-state index contributed by atoms with van der Waals surface area (Å²) < 4.78 is 38.9. The van der Waals surface area contributed by atoms with E-state index in [-0.39, 0.29) is 10.9 Å². The van der Waals surface area contributed by atoms with Crippen LogP contribution in [0.5, 0.6) is 11.5 Å². The van der Waals surface area contributed by atoms with E-state index in [4.69, 9.17) is 9.47 Å². The predicted molar refractivity (Wildman–Crippen MR) is 86.0 cm³/mol. The smallest absolute Gasteiger partial charge is 0.244 e. The molecule has 0 amide bonds.